The van der Waals surface area contributed by atoms with Gasteiger partial charge < -0.3 is 14.6 Å². The summed E-state index contributed by atoms with van der Waals surface area (Å²) in [5.74, 6) is -2.75. The van der Waals surface area contributed by atoms with Crippen LogP contribution in [-0.4, -0.2) is 41.5 Å². The molecule has 10 heteroatoms. The molecule has 0 aliphatic carbocycles. The van der Waals surface area contributed by atoms with Gasteiger partial charge in [0.15, 0.2) is 5.13 Å². The van der Waals surface area contributed by atoms with E-state index in [4.69, 9.17) is 9.47 Å². The number of halogens is 1. The summed E-state index contributed by atoms with van der Waals surface area (Å²) in [7, 11) is 1.23. The molecular weight excluding hydrogens is 499 g/mol. The topological polar surface area (TPSA) is 106 Å². The van der Waals surface area contributed by atoms with Crippen LogP contribution >= 0.6 is 11.3 Å². The van der Waals surface area contributed by atoms with Gasteiger partial charge in [-0.2, -0.15) is 0 Å². The van der Waals surface area contributed by atoms with E-state index in [1.807, 2.05) is 6.92 Å². The lowest BCUT2D eigenvalue weighted by molar-refractivity contribution is -0.132. The normalized spacial score (nSPS) is 16.8. The molecule has 1 aliphatic rings. The Labute approximate surface area is 217 Å². The molecule has 3 aromatic rings. The van der Waals surface area contributed by atoms with Gasteiger partial charge in [-0.25, -0.2) is 14.2 Å². The van der Waals surface area contributed by atoms with Crippen molar-refractivity contribution in [1.82, 2.24) is 4.98 Å². The molecule has 192 valence electrons. The average Bonchev–Trinajstić information content (AvgIpc) is 3.39. The Balaban J connectivity index is 1.89. The lowest BCUT2D eigenvalue weighted by atomic mass is 9.94. The van der Waals surface area contributed by atoms with Crippen LogP contribution in [-0.2, 0) is 14.3 Å². The van der Waals surface area contributed by atoms with Crippen molar-refractivity contribution in [3.63, 3.8) is 0 Å². The molecule has 1 N–H and O–H groups in total. The molecule has 1 unspecified atom stereocenters. The molecule has 0 spiro atoms. The average molecular weight is 525 g/mol. The van der Waals surface area contributed by atoms with E-state index in [1.54, 1.807) is 32.0 Å². The third kappa shape index (κ3) is 4.84. The number of ketones is 1. The van der Waals surface area contributed by atoms with Crippen molar-refractivity contribution in [2.45, 2.75) is 33.2 Å². The highest BCUT2D eigenvalue weighted by Crippen LogP contribution is 2.44. The van der Waals surface area contributed by atoms with Gasteiger partial charge in [0.05, 0.1) is 31.0 Å². The van der Waals surface area contributed by atoms with Crippen LogP contribution in [0, 0.1) is 19.7 Å². The first-order valence-electron chi connectivity index (χ1n) is 11.5. The number of aliphatic hydroxyl groups is 1. The molecule has 1 saturated heterocycles. The van der Waals surface area contributed by atoms with Crippen LogP contribution < -0.4 is 9.64 Å². The van der Waals surface area contributed by atoms with E-state index in [9.17, 15) is 23.9 Å². The number of ether oxygens (including phenoxy) is 2. The van der Waals surface area contributed by atoms with Crippen molar-refractivity contribution in [2.24, 2.45) is 0 Å². The van der Waals surface area contributed by atoms with E-state index in [0.29, 0.717) is 34.7 Å². The zero-order valence-electron chi connectivity index (χ0n) is 20.7. The number of benzene rings is 2. The van der Waals surface area contributed by atoms with Gasteiger partial charge in [-0.15, -0.1) is 0 Å². The monoisotopic (exact) mass is 524 g/mol. The maximum atomic E-state index is 13.7. The second-order valence-corrected chi connectivity index (χ2v) is 9.43. The van der Waals surface area contributed by atoms with Gasteiger partial charge in [-0.05, 0) is 61.7 Å². The Morgan fingerprint density at radius 2 is 1.86 bits per heavy atom. The first kappa shape index (κ1) is 26.0. The van der Waals surface area contributed by atoms with Crippen LogP contribution in [0.3, 0.4) is 0 Å². The molecule has 1 aromatic heterocycles. The number of aliphatic hydroxyl groups excluding tert-OH is 1. The number of aromatic nitrogens is 1. The van der Waals surface area contributed by atoms with E-state index in [0.717, 1.165) is 22.7 Å². The molecular formula is C27H25FN2O6S. The van der Waals surface area contributed by atoms with Crippen LogP contribution in [0.15, 0.2) is 48.0 Å². The zero-order chi connectivity index (χ0) is 26.9. The van der Waals surface area contributed by atoms with E-state index < -0.39 is 29.5 Å². The fourth-order valence-electron chi connectivity index (χ4n) is 4.11. The van der Waals surface area contributed by atoms with E-state index in [1.165, 1.54) is 31.4 Å². The summed E-state index contributed by atoms with van der Waals surface area (Å²) in [4.78, 5) is 44.4. The summed E-state index contributed by atoms with van der Waals surface area (Å²) in [6, 6.07) is 9.19. The number of rotatable bonds is 7. The number of methoxy groups -OCH3 is 1. The quantitative estimate of drug-likeness (QED) is 0.198. The van der Waals surface area contributed by atoms with Crippen molar-refractivity contribution < 1.29 is 33.4 Å². The summed E-state index contributed by atoms with van der Waals surface area (Å²) >= 11 is 0.891. The molecule has 37 heavy (non-hydrogen) atoms. The van der Waals surface area contributed by atoms with Gasteiger partial charge >= 0.3 is 11.9 Å². The van der Waals surface area contributed by atoms with Crippen molar-refractivity contribution >= 4 is 39.9 Å². The Hall–Kier alpha value is -4.05. The van der Waals surface area contributed by atoms with Gasteiger partial charge in [0.25, 0.3) is 5.78 Å². The highest BCUT2D eigenvalue weighted by Gasteiger charge is 2.48. The van der Waals surface area contributed by atoms with E-state index in [2.05, 4.69) is 4.98 Å². The van der Waals surface area contributed by atoms with Crippen LogP contribution in [0.1, 0.15) is 51.4 Å². The maximum absolute atomic E-state index is 13.7. The lowest BCUT2D eigenvalue weighted by Crippen LogP contribution is -2.29. The number of esters is 1. The number of nitrogens with zero attached hydrogens (tertiary/aromatic N) is 2. The standard InChI is InChI=1S/C27H25FN2O6S/c1-5-12-36-18-10-11-19(14(2)13-18)22(31)20-21(16-6-8-17(28)9-7-16)30(25(33)23(20)32)27-29-15(3)24(37-27)26(34)35-4/h6-11,13,21,31H,5,12H2,1-4H3. The summed E-state index contributed by atoms with van der Waals surface area (Å²) in [6.45, 7) is 5.85. The Kier molecular flexibility index (Phi) is 7.40. The molecule has 0 radical (unpaired) electrons. The molecule has 1 fully saturated rings. The molecule has 4 rings (SSSR count). The van der Waals surface area contributed by atoms with Gasteiger partial charge in [0.1, 0.15) is 22.2 Å². The fourth-order valence-corrected chi connectivity index (χ4v) is 5.13. The number of anilines is 1. The third-order valence-corrected chi connectivity index (χ3v) is 7.05. The minimum Gasteiger partial charge on any atom is -0.507 e. The number of amides is 1. The predicted molar refractivity (Wildman–Crippen MR) is 136 cm³/mol. The van der Waals surface area contributed by atoms with Gasteiger partial charge in [-0.1, -0.05) is 30.4 Å². The van der Waals surface area contributed by atoms with Gasteiger partial charge in [0.2, 0.25) is 0 Å². The highest BCUT2D eigenvalue weighted by molar-refractivity contribution is 7.17. The summed E-state index contributed by atoms with van der Waals surface area (Å²) < 4.78 is 24.2. The van der Waals surface area contributed by atoms with Gasteiger partial charge in [0, 0.05) is 5.56 Å². The molecule has 8 nitrogen and oxygen atoms in total. The Bertz CT molecular complexity index is 1410. The van der Waals surface area contributed by atoms with Crippen LogP contribution in [0.4, 0.5) is 9.52 Å². The number of Topliss-reactive ketones (excluding diaryl/α,β-unsaturated/α-hetero) is 1. The number of hydrogen-bond acceptors (Lipinski definition) is 8. The summed E-state index contributed by atoms with van der Waals surface area (Å²) in [5, 5.41) is 11.4. The SMILES string of the molecule is CCCOc1ccc(C(O)=C2C(=O)C(=O)N(c3nc(C)c(C(=O)OC)s3)C2c2ccc(F)cc2)c(C)c1. The van der Waals surface area contributed by atoms with Gasteiger partial charge in [-0.3, -0.25) is 14.5 Å². The van der Waals surface area contributed by atoms with Crippen LogP contribution in [0.5, 0.6) is 5.75 Å². The van der Waals surface area contributed by atoms with Crippen molar-refractivity contribution in [3.05, 3.63) is 81.1 Å². The van der Waals surface area contributed by atoms with E-state index >= 15 is 0 Å². The lowest BCUT2D eigenvalue weighted by Gasteiger charge is -2.23. The zero-order valence-corrected chi connectivity index (χ0v) is 21.5. The molecule has 0 bridgehead atoms. The summed E-state index contributed by atoms with van der Waals surface area (Å²) in [6.07, 6.45) is 0.829. The molecule has 1 atom stereocenters. The molecule has 2 heterocycles. The predicted octanol–water partition coefficient (Wildman–Crippen LogP) is 5.10. The van der Waals surface area contributed by atoms with Crippen molar-refractivity contribution in [2.75, 3.05) is 18.6 Å². The fraction of sp³-hybridized carbons (Fsp3) is 0.259. The number of aryl methyl sites for hydroxylation is 2. The number of carbonyl (C=O) groups is 3. The Morgan fingerprint density at radius 1 is 1.16 bits per heavy atom. The molecule has 2 aromatic carbocycles. The molecule has 0 saturated carbocycles. The second-order valence-electron chi connectivity index (χ2n) is 8.45. The smallest absolute Gasteiger partial charge is 0.350 e. The Morgan fingerprint density at radius 3 is 2.49 bits per heavy atom. The van der Waals surface area contributed by atoms with E-state index in [-0.39, 0.29) is 21.3 Å². The number of thiazole rings is 1. The van der Waals surface area contributed by atoms with Crippen LogP contribution in [0.2, 0.25) is 0 Å². The first-order chi connectivity index (χ1) is 17.7. The largest absolute Gasteiger partial charge is 0.507 e. The molecule has 1 aliphatic heterocycles. The first-order valence-corrected chi connectivity index (χ1v) is 12.4. The minimum absolute atomic E-state index is 0.0772. The summed E-state index contributed by atoms with van der Waals surface area (Å²) in [5.41, 5.74) is 1.52. The third-order valence-electron chi connectivity index (χ3n) is 5.92. The number of carbonyl (C=O) groups excluding carboxylic acids is 3. The molecule has 1 amide bonds. The van der Waals surface area contributed by atoms with Crippen molar-refractivity contribution in [1.29, 1.82) is 0 Å². The number of hydrogen-bond donors (Lipinski definition) is 1. The highest BCUT2D eigenvalue weighted by atomic mass is 32.1. The van der Waals surface area contributed by atoms with Crippen molar-refractivity contribution in [3.8, 4) is 5.75 Å². The second kappa shape index (κ2) is 10.5. The minimum atomic E-state index is -1.10. The maximum Gasteiger partial charge on any atom is 0.350 e. The van der Waals surface area contributed by atoms with Crippen LogP contribution in [0.25, 0.3) is 5.76 Å².